The molecule has 0 bridgehead atoms. The Morgan fingerprint density at radius 3 is 3.00 bits per heavy atom. The van der Waals surface area contributed by atoms with Gasteiger partial charge in [0.15, 0.2) is 0 Å². The molecule has 2 fully saturated rings. The molecule has 2 aromatic heterocycles. The van der Waals surface area contributed by atoms with Crippen LogP contribution in [0.5, 0.6) is 5.88 Å². The number of hydrogen-bond donors (Lipinski definition) is 1. The van der Waals surface area contributed by atoms with Crippen molar-refractivity contribution in [3.63, 3.8) is 0 Å². The summed E-state index contributed by atoms with van der Waals surface area (Å²) in [7, 11) is 1.60. The zero-order chi connectivity index (χ0) is 17.2. The lowest BCUT2D eigenvalue weighted by Crippen LogP contribution is -2.27. The summed E-state index contributed by atoms with van der Waals surface area (Å²) in [6, 6.07) is 4.17. The summed E-state index contributed by atoms with van der Waals surface area (Å²) in [4.78, 5) is 22.9. The molecule has 25 heavy (non-hydrogen) atoms. The number of hydrogen-bond acceptors (Lipinski definition) is 7. The third-order valence-electron chi connectivity index (χ3n) is 4.60. The van der Waals surface area contributed by atoms with Gasteiger partial charge in [-0.15, -0.1) is 0 Å². The third-order valence-corrected chi connectivity index (χ3v) is 4.60. The van der Waals surface area contributed by atoms with Gasteiger partial charge in [-0.05, 0) is 37.8 Å². The van der Waals surface area contributed by atoms with E-state index in [0.29, 0.717) is 11.8 Å². The number of pyridine rings is 1. The second-order valence-electron chi connectivity index (χ2n) is 6.54. The van der Waals surface area contributed by atoms with Gasteiger partial charge < -0.3 is 14.6 Å². The molecule has 1 saturated carbocycles. The number of aromatic nitrogens is 3. The van der Waals surface area contributed by atoms with Gasteiger partial charge in [-0.3, -0.25) is 9.69 Å². The van der Waals surface area contributed by atoms with Crippen LogP contribution in [0, 0.1) is 0 Å². The molecule has 1 unspecified atom stereocenters. The Morgan fingerprint density at radius 2 is 2.28 bits per heavy atom. The van der Waals surface area contributed by atoms with E-state index in [-0.39, 0.29) is 23.8 Å². The first-order chi connectivity index (χ1) is 12.2. The Balaban J connectivity index is 1.43. The molecule has 1 aliphatic heterocycles. The summed E-state index contributed by atoms with van der Waals surface area (Å²) in [5.41, 5.74) is 1.10. The number of rotatable bonds is 6. The van der Waals surface area contributed by atoms with E-state index in [4.69, 9.17) is 9.26 Å². The van der Waals surface area contributed by atoms with E-state index in [1.807, 2.05) is 18.3 Å². The van der Waals surface area contributed by atoms with Gasteiger partial charge >= 0.3 is 0 Å². The van der Waals surface area contributed by atoms with Crippen LogP contribution in [-0.4, -0.2) is 45.6 Å². The van der Waals surface area contributed by atoms with Crippen molar-refractivity contribution in [2.24, 2.45) is 0 Å². The molecule has 2 aliphatic rings. The summed E-state index contributed by atoms with van der Waals surface area (Å²) >= 11 is 0. The van der Waals surface area contributed by atoms with Crippen LogP contribution in [0.25, 0.3) is 0 Å². The van der Waals surface area contributed by atoms with Crippen LogP contribution in [0.1, 0.15) is 53.8 Å². The van der Waals surface area contributed by atoms with Crippen molar-refractivity contribution in [3.8, 4) is 5.88 Å². The number of nitrogens with zero attached hydrogens (tertiary/aromatic N) is 4. The largest absolute Gasteiger partial charge is 0.481 e. The van der Waals surface area contributed by atoms with Crippen molar-refractivity contribution < 1.29 is 14.1 Å². The molecule has 132 valence electrons. The van der Waals surface area contributed by atoms with Crippen molar-refractivity contribution >= 4 is 5.91 Å². The average Bonchev–Trinajstić information content (AvgIpc) is 3.12. The minimum absolute atomic E-state index is 0.0390. The summed E-state index contributed by atoms with van der Waals surface area (Å²) in [6.45, 7) is 1.69. The van der Waals surface area contributed by atoms with Gasteiger partial charge in [0.25, 0.3) is 11.7 Å². The maximum absolute atomic E-state index is 12.0. The van der Waals surface area contributed by atoms with Crippen LogP contribution in [0.3, 0.4) is 0 Å². The minimum Gasteiger partial charge on any atom is -0.481 e. The first kappa shape index (κ1) is 16.0. The van der Waals surface area contributed by atoms with Gasteiger partial charge in [-0.2, -0.15) is 4.98 Å². The second kappa shape index (κ2) is 6.79. The van der Waals surface area contributed by atoms with E-state index in [2.05, 4.69) is 25.3 Å². The van der Waals surface area contributed by atoms with Gasteiger partial charge in [0.05, 0.1) is 13.2 Å². The van der Waals surface area contributed by atoms with Crippen molar-refractivity contribution in [1.82, 2.24) is 25.3 Å². The lowest BCUT2D eigenvalue weighted by Gasteiger charge is -2.21. The molecule has 0 spiro atoms. The highest BCUT2D eigenvalue weighted by Crippen LogP contribution is 2.32. The van der Waals surface area contributed by atoms with Crippen LogP contribution < -0.4 is 10.1 Å². The number of likely N-dealkylation sites (tertiary alicyclic amines) is 1. The lowest BCUT2D eigenvalue weighted by molar-refractivity contribution is 0.0937. The maximum atomic E-state index is 12.0. The van der Waals surface area contributed by atoms with Crippen molar-refractivity contribution in [2.45, 2.75) is 44.3 Å². The van der Waals surface area contributed by atoms with Gasteiger partial charge in [0.1, 0.15) is 0 Å². The van der Waals surface area contributed by atoms with E-state index >= 15 is 0 Å². The lowest BCUT2D eigenvalue weighted by atomic mass is 10.2. The number of carbonyl (C=O) groups is 1. The fourth-order valence-corrected chi connectivity index (χ4v) is 3.10. The normalized spacial score (nSPS) is 20.6. The zero-order valence-electron chi connectivity index (χ0n) is 14.1. The first-order valence-corrected chi connectivity index (χ1v) is 8.60. The van der Waals surface area contributed by atoms with Gasteiger partial charge in [-0.25, -0.2) is 4.98 Å². The molecule has 0 radical (unpaired) electrons. The van der Waals surface area contributed by atoms with Gasteiger partial charge in [0, 0.05) is 24.8 Å². The van der Waals surface area contributed by atoms with Gasteiger partial charge in [0.2, 0.25) is 11.8 Å². The first-order valence-electron chi connectivity index (χ1n) is 8.60. The SMILES string of the molecule is COc1ccc(CN2CCCC2c2nc(C(=O)NC3CC3)no2)cn1. The quantitative estimate of drug-likeness (QED) is 0.853. The highest BCUT2D eigenvalue weighted by atomic mass is 16.5. The topological polar surface area (TPSA) is 93.4 Å². The monoisotopic (exact) mass is 343 g/mol. The molecule has 1 amide bonds. The smallest absolute Gasteiger partial charge is 0.292 e. The van der Waals surface area contributed by atoms with Crippen LogP contribution in [0.4, 0.5) is 0 Å². The van der Waals surface area contributed by atoms with E-state index in [1.54, 1.807) is 7.11 Å². The number of amides is 1. The Morgan fingerprint density at radius 1 is 1.40 bits per heavy atom. The molecule has 2 aromatic rings. The molecular formula is C17H21N5O3. The van der Waals surface area contributed by atoms with E-state index in [1.165, 1.54) is 0 Å². The Kier molecular flexibility index (Phi) is 4.35. The molecule has 8 heteroatoms. The molecule has 0 aromatic carbocycles. The van der Waals surface area contributed by atoms with Crippen molar-refractivity contribution in [3.05, 3.63) is 35.6 Å². The number of ether oxygens (including phenoxy) is 1. The predicted molar refractivity (Wildman–Crippen MR) is 88.0 cm³/mol. The van der Waals surface area contributed by atoms with Crippen molar-refractivity contribution in [1.29, 1.82) is 0 Å². The molecule has 3 heterocycles. The summed E-state index contributed by atoms with van der Waals surface area (Å²) < 4.78 is 10.5. The third kappa shape index (κ3) is 3.63. The van der Waals surface area contributed by atoms with Crippen LogP contribution in [0.15, 0.2) is 22.9 Å². The highest BCUT2D eigenvalue weighted by Gasteiger charge is 2.32. The summed E-state index contributed by atoms with van der Waals surface area (Å²) in [6.07, 6.45) is 5.87. The molecule has 8 nitrogen and oxygen atoms in total. The fourth-order valence-electron chi connectivity index (χ4n) is 3.10. The van der Waals surface area contributed by atoms with Crippen molar-refractivity contribution in [2.75, 3.05) is 13.7 Å². The second-order valence-corrected chi connectivity index (χ2v) is 6.54. The molecule has 1 aliphatic carbocycles. The van der Waals surface area contributed by atoms with Crippen LogP contribution in [0.2, 0.25) is 0 Å². The predicted octanol–water partition coefficient (Wildman–Crippen LogP) is 1.70. The number of carbonyl (C=O) groups excluding carboxylic acids is 1. The molecule has 1 atom stereocenters. The Bertz CT molecular complexity index is 741. The molecule has 4 rings (SSSR count). The summed E-state index contributed by atoms with van der Waals surface area (Å²) in [5, 5.41) is 6.73. The summed E-state index contributed by atoms with van der Waals surface area (Å²) in [5.74, 6) is 0.992. The van der Waals surface area contributed by atoms with Gasteiger partial charge in [-0.1, -0.05) is 11.2 Å². The number of nitrogens with one attached hydrogen (secondary N) is 1. The number of methoxy groups -OCH3 is 1. The maximum Gasteiger partial charge on any atom is 0.292 e. The molecule has 1 N–H and O–H groups in total. The fraction of sp³-hybridized carbons (Fsp3) is 0.529. The van der Waals surface area contributed by atoms with Crippen LogP contribution in [-0.2, 0) is 6.54 Å². The van der Waals surface area contributed by atoms with E-state index < -0.39 is 0 Å². The Hall–Kier alpha value is -2.48. The zero-order valence-corrected chi connectivity index (χ0v) is 14.1. The molecule has 1 saturated heterocycles. The standard InChI is InChI=1S/C17H21N5O3/c1-24-14-7-4-11(9-18-14)10-22-8-2-3-13(22)17-20-15(21-25-17)16(23)19-12-5-6-12/h4,7,9,12-13H,2-3,5-6,8,10H2,1H3,(H,19,23). The van der Waals surface area contributed by atoms with E-state index in [0.717, 1.165) is 44.3 Å². The van der Waals surface area contributed by atoms with Crippen LogP contribution >= 0.6 is 0 Å². The van der Waals surface area contributed by atoms with E-state index in [9.17, 15) is 4.79 Å². The average molecular weight is 343 g/mol. The Labute approximate surface area is 145 Å². The highest BCUT2D eigenvalue weighted by molar-refractivity contribution is 5.90. The molecular weight excluding hydrogens is 322 g/mol. The minimum atomic E-state index is -0.249.